The Kier molecular flexibility index (Phi) is 1.78. The van der Waals surface area contributed by atoms with Crippen LogP contribution in [0.3, 0.4) is 0 Å². The predicted octanol–water partition coefficient (Wildman–Crippen LogP) is 1.21. The summed E-state index contributed by atoms with van der Waals surface area (Å²) in [5.74, 6) is 0. The molecule has 0 saturated carbocycles. The summed E-state index contributed by atoms with van der Waals surface area (Å²) in [5.41, 5.74) is 0. The summed E-state index contributed by atoms with van der Waals surface area (Å²) in [6, 6.07) is 2.82. The van der Waals surface area contributed by atoms with Crippen molar-refractivity contribution in [3.05, 3.63) is 0 Å². The molecule has 9 heavy (non-hydrogen) atoms. The van der Waals surface area contributed by atoms with E-state index >= 15 is 0 Å². The SMILES string of the molecule is C#C[N+]1(C)CCCCC1. The molecule has 50 valence electrons. The van der Waals surface area contributed by atoms with Crippen LogP contribution in [0.15, 0.2) is 0 Å². The summed E-state index contributed by atoms with van der Waals surface area (Å²) in [4.78, 5) is 0. The topological polar surface area (TPSA) is 0 Å². The number of hydrogen-bond donors (Lipinski definition) is 0. The number of piperidine rings is 1. The summed E-state index contributed by atoms with van der Waals surface area (Å²) >= 11 is 0. The van der Waals surface area contributed by atoms with Gasteiger partial charge in [-0.1, -0.05) is 6.42 Å². The lowest BCUT2D eigenvalue weighted by atomic mass is 10.1. The number of quaternary nitrogens is 1. The molecule has 0 radical (unpaired) electrons. The Bertz CT molecular complexity index is 126. The van der Waals surface area contributed by atoms with Crippen LogP contribution in [-0.2, 0) is 0 Å². The first-order chi connectivity index (χ1) is 4.27. The van der Waals surface area contributed by atoms with Gasteiger partial charge in [0.05, 0.1) is 20.1 Å². The molecule has 0 aromatic rings. The van der Waals surface area contributed by atoms with E-state index < -0.39 is 0 Å². The first-order valence-corrected chi connectivity index (χ1v) is 3.59. The Labute approximate surface area is 57.3 Å². The second kappa shape index (κ2) is 2.41. The number of rotatable bonds is 0. The zero-order valence-electron chi connectivity index (χ0n) is 6.06. The van der Waals surface area contributed by atoms with Gasteiger partial charge in [-0.15, -0.1) is 0 Å². The van der Waals surface area contributed by atoms with Crippen LogP contribution in [0.5, 0.6) is 0 Å². The number of hydrogen-bond acceptors (Lipinski definition) is 0. The highest BCUT2D eigenvalue weighted by Crippen LogP contribution is 2.13. The average molecular weight is 124 g/mol. The van der Waals surface area contributed by atoms with Crippen LogP contribution in [0.1, 0.15) is 19.3 Å². The van der Waals surface area contributed by atoms with Crippen molar-refractivity contribution in [3.8, 4) is 12.5 Å². The molecule has 0 aromatic carbocycles. The molecule has 0 atom stereocenters. The van der Waals surface area contributed by atoms with E-state index in [1.54, 1.807) is 0 Å². The lowest BCUT2D eigenvalue weighted by molar-refractivity contribution is -0.848. The van der Waals surface area contributed by atoms with Gasteiger partial charge >= 0.3 is 0 Å². The fourth-order valence-electron chi connectivity index (χ4n) is 1.34. The summed E-state index contributed by atoms with van der Waals surface area (Å²) in [6.07, 6.45) is 9.34. The summed E-state index contributed by atoms with van der Waals surface area (Å²) in [7, 11) is 2.14. The molecule has 1 heteroatoms. The summed E-state index contributed by atoms with van der Waals surface area (Å²) in [5, 5.41) is 0. The van der Waals surface area contributed by atoms with E-state index in [4.69, 9.17) is 6.42 Å². The van der Waals surface area contributed by atoms with Crippen molar-refractivity contribution in [2.45, 2.75) is 19.3 Å². The van der Waals surface area contributed by atoms with Gasteiger partial charge in [0.2, 0.25) is 0 Å². The number of terminal acetylenes is 1. The van der Waals surface area contributed by atoms with E-state index in [-0.39, 0.29) is 0 Å². The Morgan fingerprint density at radius 3 is 2.11 bits per heavy atom. The van der Waals surface area contributed by atoms with Crippen molar-refractivity contribution in [1.29, 1.82) is 0 Å². The summed E-state index contributed by atoms with van der Waals surface area (Å²) < 4.78 is 0.847. The molecule has 0 aliphatic carbocycles. The van der Waals surface area contributed by atoms with Crippen molar-refractivity contribution in [3.63, 3.8) is 0 Å². The Morgan fingerprint density at radius 2 is 1.78 bits per heavy atom. The monoisotopic (exact) mass is 124 g/mol. The second-order valence-electron chi connectivity index (χ2n) is 3.03. The molecule has 1 aliphatic rings. The average Bonchev–Trinajstić information content (AvgIpc) is 1.90. The van der Waals surface area contributed by atoms with E-state index in [2.05, 4.69) is 13.1 Å². The standard InChI is InChI=1S/C8H14N/c1-3-9(2)7-5-4-6-8-9/h1H,4-8H2,2H3/q+1. The smallest absolute Gasteiger partial charge is 0.133 e. The van der Waals surface area contributed by atoms with Gasteiger partial charge < -0.3 is 0 Å². The van der Waals surface area contributed by atoms with Gasteiger partial charge in [-0.2, -0.15) is 0 Å². The Morgan fingerprint density at radius 1 is 1.22 bits per heavy atom. The number of likely N-dealkylation sites (tertiary alicyclic amines) is 1. The maximum Gasteiger partial charge on any atom is 0.133 e. The van der Waals surface area contributed by atoms with Crippen LogP contribution in [0.2, 0.25) is 0 Å². The third-order valence-electron chi connectivity index (χ3n) is 2.11. The maximum absolute atomic E-state index is 5.36. The highest BCUT2D eigenvalue weighted by molar-refractivity contribution is 4.73. The van der Waals surface area contributed by atoms with Crippen molar-refractivity contribution < 1.29 is 4.48 Å². The lowest BCUT2D eigenvalue weighted by Gasteiger charge is -2.30. The fraction of sp³-hybridized carbons (Fsp3) is 0.750. The summed E-state index contributed by atoms with van der Waals surface area (Å²) in [6.45, 7) is 2.35. The van der Waals surface area contributed by atoms with E-state index in [0.29, 0.717) is 0 Å². The van der Waals surface area contributed by atoms with Crippen LogP contribution in [-0.4, -0.2) is 24.6 Å². The van der Waals surface area contributed by atoms with Crippen molar-refractivity contribution in [1.82, 2.24) is 0 Å². The largest absolute Gasteiger partial charge is 0.249 e. The van der Waals surface area contributed by atoms with Gasteiger partial charge in [0.25, 0.3) is 0 Å². The molecule has 1 fully saturated rings. The van der Waals surface area contributed by atoms with Crippen molar-refractivity contribution >= 4 is 0 Å². The van der Waals surface area contributed by atoms with Gasteiger partial charge in [-0.25, -0.2) is 4.48 Å². The number of nitrogens with zero attached hydrogens (tertiary/aromatic N) is 1. The molecule has 1 nitrogen and oxygen atoms in total. The van der Waals surface area contributed by atoms with Crippen LogP contribution in [0.25, 0.3) is 0 Å². The van der Waals surface area contributed by atoms with Crippen LogP contribution in [0.4, 0.5) is 0 Å². The van der Waals surface area contributed by atoms with Crippen molar-refractivity contribution in [2.24, 2.45) is 0 Å². The molecular formula is C8H14N+. The molecule has 1 saturated heterocycles. The van der Waals surface area contributed by atoms with Crippen LogP contribution >= 0.6 is 0 Å². The minimum absolute atomic E-state index is 0.847. The van der Waals surface area contributed by atoms with Crippen LogP contribution < -0.4 is 0 Å². The molecule has 0 unspecified atom stereocenters. The molecule has 0 aromatic heterocycles. The highest BCUT2D eigenvalue weighted by atomic mass is 15.3. The zero-order chi connectivity index (χ0) is 6.74. The molecule has 0 N–H and O–H groups in total. The molecule has 0 amide bonds. The Balaban J connectivity index is 2.49. The first-order valence-electron chi connectivity index (χ1n) is 3.59. The maximum atomic E-state index is 5.36. The zero-order valence-corrected chi connectivity index (χ0v) is 6.06. The molecule has 1 aliphatic heterocycles. The van der Waals surface area contributed by atoms with Crippen LogP contribution in [0, 0.1) is 12.5 Å². The minimum Gasteiger partial charge on any atom is -0.249 e. The molecule has 1 heterocycles. The normalized spacial score (nSPS) is 24.9. The van der Waals surface area contributed by atoms with Gasteiger partial charge in [-0.3, -0.25) is 0 Å². The third-order valence-corrected chi connectivity index (χ3v) is 2.11. The lowest BCUT2D eigenvalue weighted by Crippen LogP contribution is -2.43. The van der Waals surface area contributed by atoms with Gasteiger partial charge in [-0.05, 0) is 19.3 Å². The second-order valence-corrected chi connectivity index (χ2v) is 3.03. The molecule has 0 bridgehead atoms. The third kappa shape index (κ3) is 1.46. The minimum atomic E-state index is 0.847. The first kappa shape index (κ1) is 6.64. The fourth-order valence-corrected chi connectivity index (χ4v) is 1.34. The molecule has 1 rings (SSSR count). The van der Waals surface area contributed by atoms with Gasteiger partial charge in [0.15, 0.2) is 0 Å². The molecule has 0 spiro atoms. The van der Waals surface area contributed by atoms with E-state index in [1.807, 2.05) is 0 Å². The van der Waals surface area contributed by atoms with E-state index in [9.17, 15) is 0 Å². The van der Waals surface area contributed by atoms with Gasteiger partial charge in [0, 0.05) is 0 Å². The quantitative estimate of drug-likeness (QED) is 0.336. The molecular weight excluding hydrogens is 110 g/mol. The highest BCUT2D eigenvalue weighted by Gasteiger charge is 2.21. The van der Waals surface area contributed by atoms with Gasteiger partial charge in [0.1, 0.15) is 6.04 Å². The van der Waals surface area contributed by atoms with Crippen molar-refractivity contribution in [2.75, 3.05) is 20.1 Å². The van der Waals surface area contributed by atoms with E-state index in [0.717, 1.165) is 4.48 Å². The van der Waals surface area contributed by atoms with E-state index in [1.165, 1.54) is 32.4 Å². The predicted molar refractivity (Wildman–Crippen MR) is 38.6 cm³/mol. The Hall–Kier alpha value is -0.480.